The number of anilines is 1. The first-order valence-electron chi connectivity index (χ1n) is 5.93. The second-order valence-electron chi connectivity index (χ2n) is 4.39. The molecule has 0 aromatic carbocycles. The number of amides is 2. The maximum atomic E-state index is 12.0. The lowest BCUT2D eigenvalue weighted by Crippen LogP contribution is -2.40. The van der Waals surface area contributed by atoms with Gasteiger partial charge in [0.1, 0.15) is 6.04 Å². The summed E-state index contributed by atoms with van der Waals surface area (Å²) in [5.41, 5.74) is 7.05. The highest BCUT2D eigenvalue weighted by atomic mass is 16.2. The number of rotatable bonds is 3. The van der Waals surface area contributed by atoms with Gasteiger partial charge in [0, 0.05) is 13.6 Å². The molecule has 0 bridgehead atoms. The van der Waals surface area contributed by atoms with E-state index in [1.165, 1.54) is 0 Å². The summed E-state index contributed by atoms with van der Waals surface area (Å²) < 4.78 is 0. The highest BCUT2D eigenvalue weighted by Gasteiger charge is 2.31. The zero-order valence-electron chi connectivity index (χ0n) is 10.5. The summed E-state index contributed by atoms with van der Waals surface area (Å²) >= 11 is 0. The van der Waals surface area contributed by atoms with E-state index in [9.17, 15) is 9.59 Å². The van der Waals surface area contributed by atoms with Crippen molar-refractivity contribution in [2.45, 2.75) is 25.8 Å². The van der Waals surface area contributed by atoms with Crippen LogP contribution in [0.4, 0.5) is 5.69 Å². The van der Waals surface area contributed by atoms with Crippen LogP contribution in [0.1, 0.15) is 29.5 Å². The molecule has 2 amide bonds. The minimum absolute atomic E-state index is 0.0758. The molecular formula is C11H17N5O2. The Kier molecular flexibility index (Phi) is 3.22. The van der Waals surface area contributed by atoms with Gasteiger partial charge in [-0.05, 0) is 12.8 Å². The Balaban J connectivity index is 2.08. The van der Waals surface area contributed by atoms with Crippen molar-refractivity contribution in [3.05, 3.63) is 11.4 Å². The molecular weight excluding hydrogens is 234 g/mol. The number of likely N-dealkylation sites (tertiary alicyclic amines) is 1. The van der Waals surface area contributed by atoms with E-state index in [0.29, 0.717) is 25.1 Å². The van der Waals surface area contributed by atoms with Gasteiger partial charge in [0.05, 0.1) is 11.4 Å². The Morgan fingerprint density at radius 2 is 2.39 bits per heavy atom. The van der Waals surface area contributed by atoms with Crippen molar-refractivity contribution in [3.8, 4) is 0 Å². The SMILES string of the molecule is CCc1[nH]nc(C(=O)NC2CCN(C)C2=O)c1N. The van der Waals surface area contributed by atoms with Gasteiger partial charge in [0.25, 0.3) is 5.91 Å². The number of nitrogens with zero attached hydrogens (tertiary/aromatic N) is 2. The normalized spacial score (nSPS) is 19.3. The Bertz CT molecular complexity index is 482. The van der Waals surface area contributed by atoms with Gasteiger partial charge in [-0.3, -0.25) is 14.7 Å². The average Bonchev–Trinajstić information content (AvgIpc) is 2.86. The van der Waals surface area contributed by atoms with Crippen molar-refractivity contribution in [2.24, 2.45) is 0 Å². The van der Waals surface area contributed by atoms with Gasteiger partial charge in [-0.2, -0.15) is 5.10 Å². The number of hydrogen-bond donors (Lipinski definition) is 3. The zero-order chi connectivity index (χ0) is 13.3. The fourth-order valence-corrected chi connectivity index (χ4v) is 2.01. The predicted octanol–water partition coefficient (Wildman–Crippen LogP) is -0.485. The molecule has 1 aliphatic rings. The van der Waals surface area contributed by atoms with Crippen LogP contribution in [0.3, 0.4) is 0 Å². The number of hydrogen-bond acceptors (Lipinski definition) is 4. The summed E-state index contributed by atoms with van der Waals surface area (Å²) in [5.74, 6) is -0.481. The number of nitrogen functional groups attached to an aromatic ring is 1. The topological polar surface area (TPSA) is 104 Å². The first kappa shape index (κ1) is 12.4. The number of carbonyl (C=O) groups excluding carboxylic acids is 2. The van der Waals surface area contributed by atoms with Crippen molar-refractivity contribution in [3.63, 3.8) is 0 Å². The number of nitrogens with two attached hydrogens (primary N) is 1. The largest absolute Gasteiger partial charge is 0.395 e. The Labute approximate surface area is 105 Å². The molecule has 1 fully saturated rings. The molecule has 1 aliphatic heterocycles. The third-order valence-corrected chi connectivity index (χ3v) is 3.18. The second kappa shape index (κ2) is 4.67. The molecule has 18 heavy (non-hydrogen) atoms. The van der Waals surface area contributed by atoms with Gasteiger partial charge < -0.3 is 16.0 Å². The average molecular weight is 251 g/mol. The zero-order valence-corrected chi connectivity index (χ0v) is 10.5. The summed E-state index contributed by atoms with van der Waals surface area (Å²) in [6.07, 6.45) is 1.29. The van der Waals surface area contributed by atoms with Crippen LogP contribution < -0.4 is 11.1 Å². The standard InChI is InChI=1S/C11H17N5O2/c1-3-6-8(12)9(15-14-6)10(17)13-7-4-5-16(2)11(7)18/h7H,3-5,12H2,1-2H3,(H,13,17)(H,14,15). The van der Waals surface area contributed by atoms with Crippen LogP contribution in [0, 0.1) is 0 Å². The van der Waals surface area contributed by atoms with E-state index in [4.69, 9.17) is 5.73 Å². The van der Waals surface area contributed by atoms with E-state index in [-0.39, 0.29) is 11.6 Å². The lowest BCUT2D eigenvalue weighted by Gasteiger charge is -2.11. The molecule has 0 saturated carbocycles. The van der Waals surface area contributed by atoms with Crippen LogP contribution >= 0.6 is 0 Å². The maximum Gasteiger partial charge on any atom is 0.274 e. The van der Waals surface area contributed by atoms with E-state index in [2.05, 4.69) is 15.5 Å². The lowest BCUT2D eigenvalue weighted by molar-refractivity contribution is -0.128. The van der Waals surface area contributed by atoms with Gasteiger partial charge in [-0.25, -0.2) is 0 Å². The van der Waals surface area contributed by atoms with Crippen molar-refractivity contribution in [2.75, 3.05) is 19.3 Å². The maximum absolute atomic E-state index is 12.0. The fourth-order valence-electron chi connectivity index (χ4n) is 2.01. The van der Waals surface area contributed by atoms with Crippen LogP contribution in [0.5, 0.6) is 0 Å². The predicted molar refractivity (Wildman–Crippen MR) is 65.9 cm³/mol. The highest BCUT2D eigenvalue weighted by molar-refractivity contribution is 6.00. The van der Waals surface area contributed by atoms with Crippen molar-refractivity contribution >= 4 is 17.5 Å². The second-order valence-corrected chi connectivity index (χ2v) is 4.39. The quantitative estimate of drug-likeness (QED) is 0.674. The monoisotopic (exact) mass is 251 g/mol. The van der Waals surface area contributed by atoms with Crippen LogP contribution in [0.15, 0.2) is 0 Å². The number of carbonyl (C=O) groups is 2. The van der Waals surface area contributed by atoms with E-state index in [1.807, 2.05) is 6.92 Å². The molecule has 98 valence electrons. The molecule has 1 aromatic rings. The van der Waals surface area contributed by atoms with Crippen LogP contribution in [-0.4, -0.2) is 46.5 Å². The molecule has 4 N–H and O–H groups in total. The van der Waals surface area contributed by atoms with Crippen molar-refractivity contribution < 1.29 is 9.59 Å². The Hall–Kier alpha value is -2.05. The number of aromatic amines is 1. The third-order valence-electron chi connectivity index (χ3n) is 3.18. The minimum atomic E-state index is -0.469. The van der Waals surface area contributed by atoms with Crippen LogP contribution in [-0.2, 0) is 11.2 Å². The van der Waals surface area contributed by atoms with E-state index >= 15 is 0 Å². The molecule has 0 aliphatic carbocycles. The van der Waals surface area contributed by atoms with Gasteiger partial charge in [-0.1, -0.05) is 6.92 Å². The van der Waals surface area contributed by atoms with Gasteiger partial charge in [-0.15, -0.1) is 0 Å². The first-order valence-corrected chi connectivity index (χ1v) is 5.93. The molecule has 1 unspecified atom stereocenters. The van der Waals surface area contributed by atoms with E-state index in [1.54, 1.807) is 11.9 Å². The molecule has 0 spiro atoms. The van der Waals surface area contributed by atoms with Crippen molar-refractivity contribution in [1.82, 2.24) is 20.4 Å². The molecule has 2 heterocycles. The van der Waals surface area contributed by atoms with Crippen molar-refractivity contribution in [1.29, 1.82) is 0 Å². The van der Waals surface area contributed by atoms with Crippen LogP contribution in [0.2, 0.25) is 0 Å². The summed E-state index contributed by atoms with van der Waals surface area (Å²) in [7, 11) is 1.71. The summed E-state index contributed by atoms with van der Waals surface area (Å²) in [5, 5.41) is 9.26. The smallest absolute Gasteiger partial charge is 0.274 e. The Morgan fingerprint density at radius 1 is 1.67 bits per heavy atom. The van der Waals surface area contributed by atoms with Gasteiger partial charge >= 0.3 is 0 Å². The van der Waals surface area contributed by atoms with Crippen LogP contribution in [0.25, 0.3) is 0 Å². The number of nitrogens with one attached hydrogen (secondary N) is 2. The lowest BCUT2D eigenvalue weighted by atomic mass is 10.2. The summed E-state index contributed by atoms with van der Waals surface area (Å²) in [6.45, 7) is 2.57. The highest BCUT2D eigenvalue weighted by Crippen LogP contribution is 2.15. The number of aryl methyl sites for hydroxylation is 1. The molecule has 7 nitrogen and oxygen atoms in total. The molecule has 0 radical (unpaired) electrons. The van der Waals surface area contributed by atoms with E-state index < -0.39 is 11.9 Å². The molecule has 1 atom stereocenters. The third kappa shape index (κ3) is 2.03. The molecule has 2 rings (SSSR count). The molecule has 7 heteroatoms. The molecule has 1 saturated heterocycles. The molecule has 1 aromatic heterocycles. The first-order chi connectivity index (χ1) is 8.54. The number of H-pyrrole nitrogens is 1. The number of aromatic nitrogens is 2. The van der Waals surface area contributed by atoms with Gasteiger partial charge in [0.2, 0.25) is 5.91 Å². The number of likely N-dealkylation sites (N-methyl/N-ethyl adjacent to an activating group) is 1. The summed E-state index contributed by atoms with van der Waals surface area (Å²) in [6, 6.07) is -0.469. The Morgan fingerprint density at radius 3 is 2.89 bits per heavy atom. The van der Waals surface area contributed by atoms with Gasteiger partial charge in [0.15, 0.2) is 5.69 Å². The minimum Gasteiger partial charge on any atom is -0.395 e. The van der Waals surface area contributed by atoms with E-state index in [0.717, 1.165) is 5.69 Å². The summed E-state index contributed by atoms with van der Waals surface area (Å²) in [4.78, 5) is 25.2. The fraction of sp³-hybridized carbons (Fsp3) is 0.545.